The van der Waals surface area contributed by atoms with Crippen LogP contribution in [0.25, 0.3) is 6.08 Å². The molecule has 2 aliphatic rings. The molecule has 1 fully saturated rings. The van der Waals surface area contributed by atoms with Gasteiger partial charge in [-0.1, -0.05) is 18.2 Å². The number of carbonyl (C=O) groups excluding carboxylic acids is 1. The highest BCUT2D eigenvalue weighted by Crippen LogP contribution is 2.32. The molecular weight excluding hydrogens is 286 g/mol. The molecule has 0 N–H and O–H groups in total. The summed E-state index contributed by atoms with van der Waals surface area (Å²) < 4.78 is 10.6. The molecule has 3 rings (SSSR count). The molecule has 1 amide bonds. The van der Waals surface area contributed by atoms with E-state index in [-0.39, 0.29) is 5.91 Å². The number of benzene rings is 1. The Labute approximate surface area is 129 Å². The van der Waals surface area contributed by atoms with Crippen LogP contribution in [0, 0.1) is 0 Å². The summed E-state index contributed by atoms with van der Waals surface area (Å²) in [5, 5.41) is 0. The van der Waals surface area contributed by atoms with Gasteiger partial charge in [-0.3, -0.25) is 4.79 Å². The third-order valence-corrected chi connectivity index (χ3v) is 4.48. The van der Waals surface area contributed by atoms with E-state index < -0.39 is 0 Å². The maximum Gasteiger partial charge on any atom is 0.232 e. The van der Waals surface area contributed by atoms with Crippen molar-refractivity contribution < 1.29 is 14.3 Å². The summed E-state index contributed by atoms with van der Waals surface area (Å²) in [5.74, 6) is 3.29. The van der Waals surface area contributed by atoms with Gasteiger partial charge in [-0.15, -0.1) is 11.8 Å². The largest absolute Gasteiger partial charge is 0.454 e. The van der Waals surface area contributed by atoms with Gasteiger partial charge >= 0.3 is 0 Å². The maximum absolute atomic E-state index is 11.9. The van der Waals surface area contributed by atoms with Crippen LogP contribution in [0.1, 0.15) is 18.4 Å². The fourth-order valence-electron chi connectivity index (χ4n) is 2.47. The van der Waals surface area contributed by atoms with Crippen molar-refractivity contribution in [1.29, 1.82) is 0 Å². The number of hydrogen-bond donors (Lipinski definition) is 0. The van der Waals surface area contributed by atoms with Gasteiger partial charge in [0.15, 0.2) is 11.5 Å². The SMILES string of the molecule is O=C(CSC/C=C/c1ccc2c(c1)OCO2)N1CCCC1. The molecule has 0 unspecified atom stereocenters. The predicted molar refractivity (Wildman–Crippen MR) is 84.7 cm³/mol. The van der Waals surface area contributed by atoms with E-state index >= 15 is 0 Å². The maximum atomic E-state index is 11.9. The Morgan fingerprint density at radius 3 is 2.90 bits per heavy atom. The number of amides is 1. The highest BCUT2D eigenvalue weighted by Gasteiger charge is 2.17. The van der Waals surface area contributed by atoms with E-state index in [0.717, 1.165) is 48.7 Å². The lowest BCUT2D eigenvalue weighted by Crippen LogP contribution is -2.29. The van der Waals surface area contributed by atoms with Gasteiger partial charge in [-0.2, -0.15) is 0 Å². The minimum absolute atomic E-state index is 0.272. The summed E-state index contributed by atoms with van der Waals surface area (Å²) in [5.41, 5.74) is 1.09. The molecule has 4 nitrogen and oxygen atoms in total. The minimum atomic E-state index is 0.272. The van der Waals surface area contributed by atoms with Gasteiger partial charge in [-0.05, 0) is 30.5 Å². The lowest BCUT2D eigenvalue weighted by Gasteiger charge is -2.14. The first kappa shape index (κ1) is 14.3. The van der Waals surface area contributed by atoms with Crippen molar-refractivity contribution in [2.45, 2.75) is 12.8 Å². The van der Waals surface area contributed by atoms with Crippen molar-refractivity contribution >= 4 is 23.7 Å². The average molecular weight is 305 g/mol. The molecule has 0 aliphatic carbocycles. The van der Waals surface area contributed by atoms with Crippen LogP contribution < -0.4 is 9.47 Å². The molecule has 2 heterocycles. The number of nitrogens with zero attached hydrogens (tertiary/aromatic N) is 1. The van der Waals surface area contributed by atoms with Crippen LogP contribution in [0.2, 0.25) is 0 Å². The van der Waals surface area contributed by atoms with Gasteiger partial charge in [0.2, 0.25) is 12.7 Å². The highest BCUT2D eigenvalue weighted by atomic mass is 32.2. The first-order valence-corrected chi connectivity index (χ1v) is 8.40. The van der Waals surface area contributed by atoms with Crippen LogP contribution in [0.3, 0.4) is 0 Å². The Kier molecular flexibility index (Phi) is 4.70. The van der Waals surface area contributed by atoms with Gasteiger partial charge in [0.25, 0.3) is 0 Å². The standard InChI is InChI=1S/C16H19NO3S/c18-16(17-7-1-2-8-17)11-21-9-3-4-13-5-6-14-15(10-13)20-12-19-14/h3-6,10H,1-2,7-9,11-12H2/b4-3+. The second kappa shape index (κ2) is 6.89. The molecule has 0 saturated carbocycles. The Morgan fingerprint density at radius 1 is 1.24 bits per heavy atom. The summed E-state index contributed by atoms with van der Waals surface area (Å²) in [7, 11) is 0. The second-order valence-electron chi connectivity index (χ2n) is 5.12. The summed E-state index contributed by atoms with van der Waals surface area (Å²) in [4.78, 5) is 13.8. The molecule has 0 spiro atoms. The number of ether oxygens (including phenoxy) is 2. The van der Waals surface area contributed by atoms with Gasteiger partial charge in [-0.25, -0.2) is 0 Å². The molecule has 0 aromatic heterocycles. The summed E-state index contributed by atoms with van der Waals surface area (Å²) in [6.45, 7) is 2.18. The predicted octanol–water partition coefficient (Wildman–Crippen LogP) is 2.78. The van der Waals surface area contributed by atoms with E-state index in [2.05, 4.69) is 12.2 Å². The van der Waals surface area contributed by atoms with Gasteiger partial charge in [0, 0.05) is 18.8 Å². The van der Waals surface area contributed by atoms with E-state index in [9.17, 15) is 4.79 Å². The van der Waals surface area contributed by atoms with Crippen LogP contribution in [0.4, 0.5) is 0 Å². The Balaban J connectivity index is 1.41. The fraction of sp³-hybridized carbons (Fsp3) is 0.438. The molecule has 1 aromatic rings. The zero-order valence-corrected chi connectivity index (χ0v) is 12.7. The first-order valence-electron chi connectivity index (χ1n) is 7.24. The fourth-order valence-corrected chi connectivity index (χ4v) is 3.18. The number of thioether (sulfide) groups is 1. The van der Waals surface area contributed by atoms with Crippen LogP contribution in [0.5, 0.6) is 11.5 Å². The van der Waals surface area contributed by atoms with Crippen LogP contribution in [0.15, 0.2) is 24.3 Å². The smallest absolute Gasteiger partial charge is 0.232 e. The van der Waals surface area contributed by atoms with E-state index in [4.69, 9.17) is 9.47 Å². The minimum Gasteiger partial charge on any atom is -0.454 e. The molecule has 2 aliphatic heterocycles. The Morgan fingerprint density at radius 2 is 2.05 bits per heavy atom. The number of likely N-dealkylation sites (tertiary alicyclic amines) is 1. The molecule has 1 aromatic carbocycles. The van der Waals surface area contributed by atoms with Crippen LogP contribution in [-0.4, -0.2) is 42.2 Å². The van der Waals surface area contributed by atoms with Crippen LogP contribution in [-0.2, 0) is 4.79 Å². The van der Waals surface area contributed by atoms with Crippen LogP contribution >= 0.6 is 11.8 Å². The molecule has 0 bridgehead atoms. The normalized spacial score (nSPS) is 16.9. The average Bonchev–Trinajstić information content (AvgIpc) is 3.17. The number of carbonyl (C=O) groups is 1. The summed E-state index contributed by atoms with van der Waals surface area (Å²) in [6, 6.07) is 5.90. The third kappa shape index (κ3) is 3.73. The molecule has 0 atom stereocenters. The topological polar surface area (TPSA) is 38.8 Å². The van der Waals surface area contributed by atoms with Gasteiger partial charge in [0.1, 0.15) is 0 Å². The molecule has 112 valence electrons. The van der Waals surface area contributed by atoms with Crippen molar-refractivity contribution in [2.24, 2.45) is 0 Å². The van der Waals surface area contributed by atoms with Gasteiger partial charge < -0.3 is 14.4 Å². The molecule has 0 radical (unpaired) electrons. The van der Waals surface area contributed by atoms with Crippen molar-refractivity contribution in [1.82, 2.24) is 4.90 Å². The Hall–Kier alpha value is -1.62. The zero-order chi connectivity index (χ0) is 14.5. The van der Waals surface area contributed by atoms with Crippen molar-refractivity contribution in [3.63, 3.8) is 0 Å². The van der Waals surface area contributed by atoms with Crippen molar-refractivity contribution in [2.75, 3.05) is 31.4 Å². The monoisotopic (exact) mass is 305 g/mol. The van der Waals surface area contributed by atoms with Gasteiger partial charge in [0.05, 0.1) is 5.75 Å². The molecular formula is C16H19NO3S. The zero-order valence-electron chi connectivity index (χ0n) is 11.9. The van der Waals surface area contributed by atoms with E-state index in [1.54, 1.807) is 11.8 Å². The lowest BCUT2D eigenvalue weighted by molar-refractivity contribution is -0.127. The third-order valence-electron chi connectivity index (χ3n) is 3.61. The van der Waals surface area contributed by atoms with E-state index in [1.165, 1.54) is 0 Å². The van der Waals surface area contributed by atoms with E-state index in [0.29, 0.717) is 12.5 Å². The number of fused-ring (bicyclic) bond motifs is 1. The Bertz CT molecular complexity index is 538. The first-order chi connectivity index (χ1) is 10.3. The quantitative estimate of drug-likeness (QED) is 0.784. The summed E-state index contributed by atoms with van der Waals surface area (Å²) in [6.07, 6.45) is 6.44. The lowest BCUT2D eigenvalue weighted by atomic mass is 10.2. The highest BCUT2D eigenvalue weighted by molar-refractivity contribution is 8.00. The summed E-state index contributed by atoms with van der Waals surface area (Å²) >= 11 is 1.66. The van der Waals surface area contributed by atoms with Crippen molar-refractivity contribution in [3.8, 4) is 11.5 Å². The molecule has 21 heavy (non-hydrogen) atoms. The molecule has 1 saturated heterocycles. The number of rotatable bonds is 5. The second-order valence-corrected chi connectivity index (χ2v) is 6.15. The molecule has 5 heteroatoms. The number of hydrogen-bond acceptors (Lipinski definition) is 4. The van der Waals surface area contributed by atoms with E-state index in [1.807, 2.05) is 23.1 Å². The van der Waals surface area contributed by atoms with Crippen molar-refractivity contribution in [3.05, 3.63) is 29.8 Å².